The maximum atomic E-state index is 12.2. The van der Waals surface area contributed by atoms with E-state index in [2.05, 4.69) is 30.0 Å². The van der Waals surface area contributed by atoms with Gasteiger partial charge in [-0.25, -0.2) is 0 Å². The lowest BCUT2D eigenvalue weighted by Gasteiger charge is -2.00. The van der Waals surface area contributed by atoms with Gasteiger partial charge in [-0.15, -0.1) is 17.8 Å². The monoisotopic (exact) mass is 352 g/mol. The molecule has 2 aromatic heterocycles. The van der Waals surface area contributed by atoms with Crippen LogP contribution in [-0.2, 0) is 17.8 Å². The van der Waals surface area contributed by atoms with Crippen molar-refractivity contribution in [3.63, 3.8) is 0 Å². The van der Waals surface area contributed by atoms with Gasteiger partial charge in [0, 0.05) is 11.0 Å². The highest BCUT2D eigenvalue weighted by molar-refractivity contribution is 7.16. The number of benzene rings is 1. The molecular formula is C19H16N2OS2. The lowest BCUT2D eigenvalue weighted by molar-refractivity contribution is -0.113. The van der Waals surface area contributed by atoms with Gasteiger partial charge in [0.15, 0.2) is 4.80 Å². The van der Waals surface area contributed by atoms with Crippen LogP contribution in [0, 0.1) is 12.3 Å². The van der Waals surface area contributed by atoms with Crippen LogP contribution in [0.15, 0.2) is 46.8 Å². The number of carbonyl (C=O) groups is 1. The van der Waals surface area contributed by atoms with E-state index in [4.69, 9.17) is 6.42 Å². The minimum Gasteiger partial charge on any atom is -0.305 e. The average Bonchev–Trinajstić information content (AvgIpc) is 3.21. The number of fused-ring (bicyclic) bond motifs is 1. The van der Waals surface area contributed by atoms with E-state index in [1.165, 1.54) is 23.0 Å². The molecule has 3 nitrogen and oxygen atoms in total. The van der Waals surface area contributed by atoms with E-state index in [-0.39, 0.29) is 5.91 Å². The van der Waals surface area contributed by atoms with Gasteiger partial charge in [0.2, 0.25) is 0 Å². The number of aromatic nitrogens is 1. The van der Waals surface area contributed by atoms with E-state index in [0.29, 0.717) is 11.3 Å². The minimum absolute atomic E-state index is 0.281. The Bertz CT molecular complexity index is 998. The first-order valence-corrected chi connectivity index (χ1v) is 9.27. The quantitative estimate of drug-likeness (QED) is 0.514. The summed E-state index contributed by atoms with van der Waals surface area (Å²) in [6.45, 7) is 2.51. The van der Waals surface area contributed by atoms with E-state index in [1.54, 1.807) is 17.4 Å². The van der Waals surface area contributed by atoms with Gasteiger partial charge in [0.05, 0.1) is 16.8 Å². The van der Waals surface area contributed by atoms with E-state index in [9.17, 15) is 4.79 Å². The maximum Gasteiger partial charge on any atom is 0.272 e. The van der Waals surface area contributed by atoms with E-state index >= 15 is 0 Å². The summed E-state index contributed by atoms with van der Waals surface area (Å²) in [7, 11) is 0. The van der Waals surface area contributed by atoms with E-state index < -0.39 is 0 Å². The molecule has 0 saturated heterocycles. The number of hydrogen-bond donors (Lipinski definition) is 0. The molecule has 120 valence electrons. The second-order valence-corrected chi connectivity index (χ2v) is 7.12. The van der Waals surface area contributed by atoms with Gasteiger partial charge >= 0.3 is 0 Å². The maximum absolute atomic E-state index is 12.2. The molecule has 0 fully saturated rings. The molecule has 3 aromatic rings. The largest absolute Gasteiger partial charge is 0.305 e. The van der Waals surface area contributed by atoms with Crippen LogP contribution in [0.3, 0.4) is 0 Å². The zero-order valence-electron chi connectivity index (χ0n) is 13.2. The lowest BCUT2D eigenvalue weighted by atomic mass is 10.2. The van der Waals surface area contributed by atoms with Gasteiger partial charge in [-0.3, -0.25) is 4.79 Å². The Labute approximate surface area is 148 Å². The second-order valence-electron chi connectivity index (χ2n) is 5.13. The number of thiazole rings is 1. The third-order valence-electron chi connectivity index (χ3n) is 3.54. The molecule has 0 aliphatic heterocycles. The molecule has 0 atom stereocenters. The van der Waals surface area contributed by atoms with Crippen molar-refractivity contribution in [2.75, 3.05) is 0 Å². The number of thiophene rings is 1. The molecule has 24 heavy (non-hydrogen) atoms. The molecular weight excluding hydrogens is 336 g/mol. The number of nitrogens with zero attached hydrogens (tertiary/aromatic N) is 2. The molecule has 5 heteroatoms. The standard InChI is InChI=1S/C19H16N2OS2/c1-3-11-21-16-9-7-14(4-2)13-17(16)24-19(21)20-18(22)10-8-15-6-5-12-23-15/h1,5-10,12-13H,4,11H2,2H3. The molecule has 0 aliphatic carbocycles. The fourth-order valence-corrected chi connectivity index (χ4v) is 4.05. The lowest BCUT2D eigenvalue weighted by Crippen LogP contribution is -2.15. The predicted octanol–water partition coefficient (Wildman–Crippen LogP) is 4.10. The van der Waals surface area contributed by atoms with Crippen LogP contribution in [0.4, 0.5) is 0 Å². The zero-order valence-corrected chi connectivity index (χ0v) is 14.9. The second kappa shape index (κ2) is 7.43. The predicted molar refractivity (Wildman–Crippen MR) is 102 cm³/mol. The van der Waals surface area contributed by atoms with Gasteiger partial charge in [-0.1, -0.05) is 36.3 Å². The summed E-state index contributed by atoms with van der Waals surface area (Å²) >= 11 is 3.07. The number of amides is 1. The molecule has 1 aromatic carbocycles. The van der Waals surface area contributed by atoms with Crippen LogP contribution in [0.25, 0.3) is 16.3 Å². The van der Waals surface area contributed by atoms with Crippen LogP contribution < -0.4 is 4.80 Å². The Morgan fingerprint density at radius 2 is 2.29 bits per heavy atom. The van der Waals surface area contributed by atoms with Crippen LogP contribution in [0.5, 0.6) is 0 Å². The van der Waals surface area contributed by atoms with E-state index in [1.807, 2.05) is 28.1 Å². The summed E-state index contributed by atoms with van der Waals surface area (Å²) in [5.74, 6) is 2.36. The molecule has 0 unspecified atom stereocenters. The Hall–Kier alpha value is -2.42. The van der Waals surface area contributed by atoms with Crippen LogP contribution in [-0.4, -0.2) is 10.5 Å². The van der Waals surface area contributed by atoms with Crippen molar-refractivity contribution in [1.29, 1.82) is 0 Å². The van der Waals surface area contributed by atoms with Crippen molar-refractivity contribution >= 4 is 44.9 Å². The number of rotatable bonds is 4. The fourth-order valence-electron chi connectivity index (χ4n) is 2.34. The normalized spacial score (nSPS) is 12.1. The van der Waals surface area contributed by atoms with Crippen molar-refractivity contribution < 1.29 is 4.79 Å². The number of aryl methyl sites for hydroxylation is 1. The molecule has 0 spiro atoms. The summed E-state index contributed by atoms with van der Waals surface area (Å²) in [6.07, 6.45) is 9.73. The third-order valence-corrected chi connectivity index (χ3v) is 5.42. The van der Waals surface area contributed by atoms with Gasteiger partial charge in [0.25, 0.3) is 5.91 Å². The van der Waals surface area contributed by atoms with Crippen molar-refractivity contribution in [3.05, 3.63) is 57.0 Å². The Morgan fingerprint density at radius 3 is 3.00 bits per heavy atom. The Kier molecular flexibility index (Phi) is 5.09. The van der Waals surface area contributed by atoms with Crippen LogP contribution >= 0.6 is 22.7 Å². The fraction of sp³-hybridized carbons (Fsp3) is 0.158. The van der Waals surface area contributed by atoms with Crippen molar-refractivity contribution in [2.45, 2.75) is 19.9 Å². The molecule has 3 rings (SSSR count). The molecule has 0 bridgehead atoms. The summed E-state index contributed by atoms with van der Waals surface area (Å²) in [5, 5.41) is 1.97. The van der Waals surface area contributed by atoms with Gasteiger partial charge in [-0.05, 0) is 41.6 Å². The molecule has 0 aliphatic rings. The first kappa shape index (κ1) is 16.4. The first-order valence-electron chi connectivity index (χ1n) is 7.57. The van der Waals surface area contributed by atoms with Crippen molar-refractivity contribution in [3.8, 4) is 12.3 Å². The minimum atomic E-state index is -0.281. The average molecular weight is 352 g/mol. The van der Waals surface area contributed by atoms with Crippen LogP contribution in [0.1, 0.15) is 17.4 Å². The first-order chi connectivity index (χ1) is 11.7. The van der Waals surface area contributed by atoms with Crippen molar-refractivity contribution in [1.82, 2.24) is 4.57 Å². The Balaban J connectivity index is 2.02. The number of terminal acetylenes is 1. The van der Waals surface area contributed by atoms with Crippen LogP contribution in [0.2, 0.25) is 0 Å². The van der Waals surface area contributed by atoms with Gasteiger partial charge in [0.1, 0.15) is 0 Å². The zero-order chi connectivity index (χ0) is 16.9. The molecule has 1 amide bonds. The summed E-state index contributed by atoms with van der Waals surface area (Å²) in [4.78, 5) is 18.1. The summed E-state index contributed by atoms with van der Waals surface area (Å²) in [6, 6.07) is 10.2. The molecule has 0 N–H and O–H groups in total. The third kappa shape index (κ3) is 3.56. The highest BCUT2D eigenvalue weighted by atomic mass is 32.1. The molecule has 2 heterocycles. The molecule has 0 saturated carbocycles. The van der Waals surface area contributed by atoms with Gasteiger partial charge < -0.3 is 4.57 Å². The number of carbonyl (C=O) groups excluding carboxylic acids is 1. The highest BCUT2D eigenvalue weighted by Crippen LogP contribution is 2.19. The SMILES string of the molecule is C#CCn1c(=NC(=O)C=Cc2cccs2)sc2cc(CC)ccc21. The highest BCUT2D eigenvalue weighted by Gasteiger charge is 2.07. The smallest absolute Gasteiger partial charge is 0.272 e. The molecule has 0 radical (unpaired) electrons. The topological polar surface area (TPSA) is 34.4 Å². The van der Waals surface area contributed by atoms with Gasteiger partial charge in [-0.2, -0.15) is 4.99 Å². The number of hydrogen-bond acceptors (Lipinski definition) is 3. The Morgan fingerprint density at radius 1 is 1.42 bits per heavy atom. The summed E-state index contributed by atoms with van der Waals surface area (Å²) < 4.78 is 3.01. The van der Waals surface area contributed by atoms with Crippen molar-refractivity contribution in [2.24, 2.45) is 4.99 Å². The summed E-state index contributed by atoms with van der Waals surface area (Å²) in [5.41, 5.74) is 2.27. The van der Waals surface area contributed by atoms with E-state index in [0.717, 1.165) is 21.5 Å².